The molecule has 0 radical (unpaired) electrons. The minimum atomic E-state index is 0.0159. The zero-order valence-electron chi connectivity index (χ0n) is 12.7. The maximum Gasteiger partial charge on any atom is 0.257 e. The molecule has 1 atom stereocenters. The molecule has 116 valence electrons. The lowest BCUT2D eigenvalue weighted by Crippen LogP contribution is -2.30. The molecule has 1 aliphatic heterocycles. The molecule has 1 aliphatic rings. The largest absolute Gasteiger partial charge is 0.493 e. The van der Waals surface area contributed by atoms with Crippen LogP contribution in [0.4, 0.5) is 0 Å². The van der Waals surface area contributed by atoms with Crippen LogP contribution >= 0.6 is 11.6 Å². The summed E-state index contributed by atoms with van der Waals surface area (Å²) in [5.74, 6) is 1.17. The van der Waals surface area contributed by atoms with E-state index in [1.807, 2.05) is 18.9 Å². The summed E-state index contributed by atoms with van der Waals surface area (Å²) in [5, 5.41) is 3.74. The van der Waals surface area contributed by atoms with Gasteiger partial charge in [-0.2, -0.15) is 0 Å². The molecule has 21 heavy (non-hydrogen) atoms. The lowest BCUT2D eigenvalue weighted by molar-refractivity contribution is 0.0782. The van der Waals surface area contributed by atoms with Crippen molar-refractivity contribution in [3.05, 3.63) is 28.8 Å². The third-order valence-corrected chi connectivity index (χ3v) is 3.93. The van der Waals surface area contributed by atoms with Gasteiger partial charge in [0.05, 0.1) is 12.2 Å². The van der Waals surface area contributed by atoms with Gasteiger partial charge in [0.2, 0.25) is 0 Å². The van der Waals surface area contributed by atoms with Crippen LogP contribution in [0.5, 0.6) is 5.75 Å². The summed E-state index contributed by atoms with van der Waals surface area (Å²) in [6.45, 7) is 5.17. The molecule has 0 saturated carbocycles. The van der Waals surface area contributed by atoms with Crippen molar-refractivity contribution in [2.24, 2.45) is 5.92 Å². The predicted molar refractivity (Wildman–Crippen MR) is 85.2 cm³/mol. The van der Waals surface area contributed by atoms with Crippen molar-refractivity contribution in [1.82, 2.24) is 10.2 Å². The Morgan fingerprint density at radius 1 is 1.52 bits per heavy atom. The molecule has 1 saturated heterocycles. The Morgan fingerprint density at radius 3 is 3.05 bits per heavy atom. The summed E-state index contributed by atoms with van der Waals surface area (Å²) in [6, 6.07) is 5.25. The Bertz CT molecular complexity index is 493. The van der Waals surface area contributed by atoms with Gasteiger partial charge < -0.3 is 15.0 Å². The van der Waals surface area contributed by atoms with E-state index in [0.717, 1.165) is 32.5 Å². The van der Waals surface area contributed by atoms with Gasteiger partial charge >= 0.3 is 0 Å². The molecule has 1 fully saturated rings. The van der Waals surface area contributed by atoms with E-state index in [0.29, 0.717) is 28.9 Å². The van der Waals surface area contributed by atoms with E-state index < -0.39 is 0 Å². The molecular formula is C16H23ClN2O2. The minimum Gasteiger partial charge on any atom is -0.493 e. The number of ether oxygens (including phenoxy) is 1. The summed E-state index contributed by atoms with van der Waals surface area (Å²) in [7, 11) is 1.94. The van der Waals surface area contributed by atoms with Crippen LogP contribution in [0.15, 0.2) is 18.2 Å². The van der Waals surface area contributed by atoms with E-state index in [1.165, 1.54) is 0 Å². The number of amides is 1. The van der Waals surface area contributed by atoms with E-state index in [2.05, 4.69) is 5.32 Å². The Morgan fingerprint density at radius 2 is 2.33 bits per heavy atom. The highest BCUT2D eigenvalue weighted by Gasteiger charge is 2.28. The van der Waals surface area contributed by atoms with Crippen molar-refractivity contribution in [1.29, 1.82) is 0 Å². The predicted octanol–water partition coefficient (Wildman–Crippen LogP) is 2.81. The summed E-state index contributed by atoms with van der Waals surface area (Å²) < 4.78 is 5.68. The van der Waals surface area contributed by atoms with Crippen molar-refractivity contribution in [3.8, 4) is 5.75 Å². The average molecular weight is 311 g/mol. The van der Waals surface area contributed by atoms with Crippen LogP contribution in [0.25, 0.3) is 0 Å². The van der Waals surface area contributed by atoms with Crippen molar-refractivity contribution < 1.29 is 9.53 Å². The SMILES string of the molecule is CCCOc1ccc(Cl)cc1C(=O)N1CC[C@H](CNC)C1. The second-order valence-electron chi connectivity index (χ2n) is 5.45. The molecule has 0 spiro atoms. The van der Waals surface area contributed by atoms with Crippen LogP contribution in [0, 0.1) is 5.92 Å². The molecule has 4 nitrogen and oxygen atoms in total. The normalized spacial score (nSPS) is 18.0. The number of hydrogen-bond acceptors (Lipinski definition) is 3. The fourth-order valence-electron chi connectivity index (χ4n) is 2.65. The van der Waals surface area contributed by atoms with Crippen LogP contribution in [0.1, 0.15) is 30.1 Å². The summed E-state index contributed by atoms with van der Waals surface area (Å²) >= 11 is 6.04. The molecule has 1 aromatic rings. The topological polar surface area (TPSA) is 41.6 Å². The van der Waals surface area contributed by atoms with Crippen molar-refractivity contribution >= 4 is 17.5 Å². The minimum absolute atomic E-state index is 0.0159. The third-order valence-electron chi connectivity index (χ3n) is 3.70. The highest BCUT2D eigenvalue weighted by atomic mass is 35.5. The first-order chi connectivity index (χ1) is 10.2. The molecule has 0 bridgehead atoms. The lowest BCUT2D eigenvalue weighted by Gasteiger charge is -2.19. The van der Waals surface area contributed by atoms with Crippen molar-refractivity contribution in [2.75, 3.05) is 33.3 Å². The molecule has 0 aromatic heterocycles. The quantitative estimate of drug-likeness (QED) is 0.878. The highest BCUT2D eigenvalue weighted by Crippen LogP contribution is 2.27. The number of nitrogens with zero attached hydrogens (tertiary/aromatic N) is 1. The van der Waals surface area contributed by atoms with Gasteiger partial charge in [-0.15, -0.1) is 0 Å². The summed E-state index contributed by atoms with van der Waals surface area (Å²) in [6.07, 6.45) is 1.95. The van der Waals surface area contributed by atoms with E-state index in [-0.39, 0.29) is 5.91 Å². The third kappa shape index (κ3) is 4.11. The van der Waals surface area contributed by atoms with Crippen LogP contribution in [0.2, 0.25) is 5.02 Å². The van der Waals surface area contributed by atoms with Gasteiger partial charge in [-0.3, -0.25) is 4.79 Å². The molecule has 0 unspecified atom stereocenters. The van der Waals surface area contributed by atoms with Gasteiger partial charge in [-0.05, 0) is 50.6 Å². The molecule has 1 heterocycles. The Kier molecular flexibility index (Phi) is 5.88. The van der Waals surface area contributed by atoms with Crippen LogP contribution in [0.3, 0.4) is 0 Å². The van der Waals surface area contributed by atoms with Gasteiger partial charge in [-0.25, -0.2) is 0 Å². The van der Waals surface area contributed by atoms with Crippen molar-refractivity contribution in [3.63, 3.8) is 0 Å². The van der Waals surface area contributed by atoms with Crippen LogP contribution < -0.4 is 10.1 Å². The molecule has 1 N–H and O–H groups in total. The lowest BCUT2D eigenvalue weighted by atomic mass is 10.1. The molecule has 0 aliphatic carbocycles. The average Bonchev–Trinajstić information content (AvgIpc) is 2.94. The van der Waals surface area contributed by atoms with E-state index in [9.17, 15) is 4.79 Å². The zero-order valence-corrected chi connectivity index (χ0v) is 13.4. The molecule has 2 rings (SSSR count). The van der Waals surface area contributed by atoms with Gasteiger partial charge in [0.1, 0.15) is 5.75 Å². The highest BCUT2D eigenvalue weighted by molar-refractivity contribution is 6.31. The summed E-state index contributed by atoms with van der Waals surface area (Å²) in [5.41, 5.74) is 0.570. The number of carbonyl (C=O) groups excluding carboxylic acids is 1. The standard InChI is InChI=1S/C16H23ClN2O2/c1-3-8-21-15-5-4-13(17)9-14(15)16(20)19-7-6-12(11-19)10-18-2/h4-5,9,12,18H,3,6-8,10-11H2,1-2H3/t12-/m1/s1. The van der Waals surface area contributed by atoms with Crippen LogP contribution in [-0.2, 0) is 0 Å². The molecule has 1 amide bonds. The first-order valence-corrected chi connectivity index (χ1v) is 7.89. The molecule has 1 aromatic carbocycles. The van der Waals surface area contributed by atoms with Gasteiger partial charge in [-0.1, -0.05) is 18.5 Å². The molecule has 5 heteroatoms. The first kappa shape index (κ1) is 16.1. The maximum atomic E-state index is 12.7. The van der Waals surface area contributed by atoms with E-state index in [1.54, 1.807) is 18.2 Å². The number of benzene rings is 1. The number of likely N-dealkylation sites (tertiary alicyclic amines) is 1. The number of nitrogens with one attached hydrogen (secondary N) is 1. The second kappa shape index (κ2) is 7.66. The Hall–Kier alpha value is -1.26. The number of rotatable bonds is 6. The van der Waals surface area contributed by atoms with Gasteiger partial charge in [0.15, 0.2) is 0 Å². The fourth-order valence-corrected chi connectivity index (χ4v) is 2.82. The maximum absolute atomic E-state index is 12.7. The Balaban J connectivity index is 2.12. The zero-order chi connectivity index (χ0) is 15.2. The second-order valence-corrected chi connectivity index (χ2v) is 5.89. The Labute approximate surface area is 131 Å². The number of carbonyl (C=O) groups is 1. The monoisotopic (exact) mass is 310 g/mol. The fraction of sp³-hybridized carbons (Fsp3) is 0.562. The van der Waals surface area contributed by atoms with Crippen molar-refractivity contribution in [2.45, 2.75) is 19.8 Å². The van der Waals surface area contributed by atoms with Gasteiger partial charge in [0, 0.05) is 18.1 Å². The number of halogens is 1. The van der Waals surface area contributed by atoms with Gasteiger partial charge in [0.25, 0.3) is 5.91 Å². The first-order valence-electron chi connectivity index (χ1n) is 7.52. The smallest absolute Gasteiger partial charge is 0.257 e. The molecular weight excluding hydrogens is 288 g/mol. The number of hydrogen-bond donors (Lipinski definition) is 1. The van der Waals surface area contributed by atoms with E-state index >= 15 is 0 Å². The van der Waals surface area contributed by atoms with Crippen LogP contribution in [-0.4, -0.2) is 44.1 Å². The summed E-state index contributed by atoms with van der Waals surface area (Å²) in [4.78, 5) is 14.6. The van der Waals surface area contributed by atoms with E-state index in [4.69, 9.17) is 16.3 Å².